The van der Waals surface area contributed by atoms with Crippen molar-refractivity contribution >= 4 is 33.1 Å². The third-order valence-electron chi connectivity index (χ3n) is 4.46. The lowest BCUT2D eigenvalue weighted by molar-refractivity contribution is 0.299. The summed E-state index contributed by atoms with van der Waals surface area (Å²) in [5.41, 5.74) is 2.42. The summed E-state index contributed by atoms with van der Waals surface area (Å²) in [6, 6.07) is 6.00. The molecule has 0 saturated heterocycles. The number of anilines is 1. The van der Waals surface area contributed by atoms with Crippen LogP contribution in [0.15, 0.2) is 18.2 Å². The fraction of sp³-hybridized carbons (Fsp3) is 0.600. The number of hydrogen-bond acceptors (Lipinski definition) is 3. The van der Waals surface area contributed by atoms with E-state index in [0.717, 1.165) is 42.2 Å². The lowest BCUT2D eigenvalue weighted by atomic mass is 10.2. The summed E-state index contributed by atoms with van der Waals surface area (Å²) in [7, 11) is -3.87. The minimum Gasteiger partial charge on any atom is -0.320 e. The Morgan fingerprint density at radius 1 is 1.32 bits per heavy atom. The molecular formula is C15H24ClN2O3S+. The molecule has 1 heterocycles. The molecule has 0 radical (unpaired) electrons. The number of nitrogens with zero attached hydrogens (tertiary/aromatic N) is 2. The zero-order valence-electron chi connectivity index (χ0n) is 13.1. The Bertz CT molecular complexity index is 636. The van der Waals surface area contributed by atoms with Crippen molar-refractivity contribution in [3.8, 4) is 0 Å². The van der Waals surface area contributed by atoms with E-state index >= 15 is 0 Å². The fourth-order valence-electron chi connectivity index (χ4n) is 3.21. The molecule has 1 unspecified atom stereocenters. The van der Waals surface area contributed by atoms with Crippen LogP contribution in [-0.2, 0) is 10.1 Å². The molecule has 0 aliphatic carbocycles. The molecule has 0 spiro atoms. The Morgan fingerprint density at radius 2 is 2.05 bits per heavy atom. The number of unbranched alkanes of at least 4 members (excludes halogenated alkanes) is 1. The van der Waals surface area contributed by atoms with Gasteiger partial charge in [-0.05, 0) is 38.8 Å². The van der Waals surface area contributed by atoms with E-state index in [4.69, 9.17) is 16.2 Å². The Morgan fingerprint density at radius 3 is 2.64 bits per heavy atom. The molecule has 0 bridgehead atoms. The van der Waals surface area contributed by atoms with Crippen LogP contribution in [0.2, 0.25) is 5.02 Å². The van der Waals surface area contributed by atoms with Crippen LogP contribution >= 0.6 is 11.6 Å². The number of benzene rings is 1. The van der Waals surface area contributed by atoms with Crippen LogP contribution in [0, 0.1) is 0 Å². The summed E-state index contributed by atoms with van der Waals surface area (Å²) in [6.07, 6.45) is 1.22. The molecule has 1 aliphatic heterocycles. The van der Waals surface area contributed by atoms with E-state index in [-0.39, 0.29) is 5.75 Å². The Hall–Kier alpha value is -0.820. The zero-order chi connectivity index (χ0) is 16.4. The van der Waals surface area contributed by atoms with Gasteiger partial charge in [0.25, 0.3) is 10.1 Å². The maximum Gasteiger partial charge on any atom is 0.264 e. The van der Waals surface area contributed by atoms with E-state index in [9.17, 15) is 8.42 Å². The predicted molar refractivity (Wildman–Crippen MR) is 92.2 cm³/mol. The van der Waals surface area contributed by atoms with Crippen LogP contribution in [-0.4, -0.2) is 45.0 Å². The Kier molecular flexibility index (Phi) is 5.37. The van der Waals surface area contributed by atoms with Crippen molar-refractivity contribution in [2.75, 3.05) is 37.0 Å². The number of hydrogen-bond donors (Lipinski definition) is 1. The van der Waals surface area contributed by atoms with Crippen molar-refractivity contribution in [1.29, 1.82) is 0 Å². The van der Waals surface area contributed by atoms with Gasteiger partial charge in [-0.3, -0.25) is 9.04 Å². The third-order valence-corrected chi connectivity index (χ3v) is 5.50. The van der Waals surface area contributed by atoms with Crippen molar-refractivity contribution in [1.82, 2.24) is 4.48 Å². The van der Waals surface area contributed by atoms with Gasteiger partial charge in [0.1, 0.15) is 5.69 Å². The van der Waals surface area contributed by atoms with Crippen molar-refractivity contribution < 1.29 is 13.0 Å². The SMILES string of the molecule is CCN1C[N+](CC)(CCCCS(=O)(=O)O)c2cc(Cl)ccc21. The van der Waals surface area contributed by atoms with E-state index in [1.54, 1.807) is 0 Å². The number of fused-ring (bicyclic) bond motifs is 1. The molecule has 2 rings (SSSR count). The lowest BCUT2D eigenvalue weighted by Gasteiger charge is -2.33. The summed E-state index contributed by atoms with van der Waals surface area (Å²) < 4.78 is 31.3. The average molecular weight is 348 g/mol. The lowest BCUT2D eigenvalue weighted by Crippen LogP contribution is -2.51. The summed E-state index contributed by atoms with van der Waals surface area (Å²) >= 11 is 6.18. The maximum absolute atomic E-state index is 10.8. The highest BCUT2D eigenvalue weighted by molar-refractivity contribution is 7.85. The smallest absolute Gasteiger partial charge is 0.264 e. The van der Waals surface area contributed by atoms with Crippen LogP contribution in [0.25, 0.3) is 0 Å². The topological polar surface area (TPSA) is 57.6 Å². The molecule has 0 fully saturated rings. The molecule has 0 saturated carbocycles. The Labute approximate surface area is 137 Å². The van der Waals surface area contributed by atoms with Gasteiger partial charge >= 0.3 is 0 Å². The van der Waals surface area contributed by atoms with Crippen molar-refractivity contribution in [3.63, 3.8) is 0 Å². The average Bonchev–Trinajstić information content (AvgIpc) is 2.77. The Balaban J connectivity index is 2.18. The fourth-order valence-corrected chi connectivity index (χ4v) is 3.95. The molecule has 124 valence electrons. The van der Waals surface area contributed by atoms with E-state index in [1.807, 2.05) is 12.1 Å². The molecule has 5 nitrogen and oxygen atoms in total. The van der Waals surface area contributed by atoms with E-state index in [2.05, 4.69) is 24.8 Å². The molecule has 22 heavy (non-hydrogen) atoms. The van der Waals surface area contributed by atoms with Crippen LogP contribution < -0.4 is 9.38 Å². The van der Waals surface area contributed by atoms with E-state index < -0.39 is 10.1 Å². The van der Waals surface area contributed by atoms with Gasteiger partial charge in [0.05, 0.1) is 18.8 Å². The third kappa shape index (κ3) is 3.74. The van der Waals surface area contributed by atoms with Crippen molar-refractivity contribution in [2.24, 2.45) is 0 Å². The predicted octanol–water partition coefficient (Wildman–Crippen LogP) is 3.13. The monoisotopic (exact) mass is 347 g/mol. The van der Waals surface area contributed by atoms with Crippen LogP contribution in [0.3, 0.4) is 0 Å². The minimum absolute atomic E-state index is 0.170. The summed E-state index contributed by atoms with van der Waals surface area (Å²) in [5, 5.41) is 0.727. The molecule has 0 amide bonds. The van der Waals surface area contributed by atoms with Gasteiger partial charge in [-0.15, -0.1) is 0 Å². The van der Waals surface area contributed by atoms with Crippen LogP contribution in [0.4, 0.5) is 11.4 Å². The highest BCUT2D eigenvalue weighted by Crippen LogP contribution is 2.42. The van der Waals surface area contributed by atoms with Gasteiger partial charge in [0.15, 0.2) is 12.4 Å². The maximum atomic E-state index is 10.8. The van der Waals surface area contributed by atoms with Gasteiger partial charge in [0, 0.05) is 17.6 Å². The summed E-state index contributed by atoms with van der Waals surface area (Å²) in [5.74, 6) is -0.170. The van der Waals surface area contributed by atoms with Crippen LogP contribution in [0.5, 0.6) is 0 Å². The first-order chi connectivity index (χ1) is 10.3. The molecule has 1 aromatic rings. The largest absolute Gasteiger partial charge is 0.320 e. The molecule has 1 atom stereocenters. The van der Waals surface area contributed by atoms with Crippen LogP contribution in [0.1, 0.15) is 26.7 Å². The normalized spacial score (nSPS) is 21.2. The highest BCUT2D eigenvalue weighted by Gasteiger charge is 2.40. The standard InChI is InChI=1S/C15H23ClN2O3S/c1-3-17-12-18(4-2,9-5-6-10-22(19,20)21)15-11-13(16)7-8-14(15)17/h7-8,11H,3-6,9-10,12H2,1-2H3/p+1. The quantitative estimate of drug-likeness (QED) is 0.467. The van der Waals surface area contributed by atoms with Gasteiger partial charge < -0.3 is 4.90 Å². The first-order valence-corrected chi connectivity index (χ1v) is 9.66. The first kappa shape index (κ1) is 17.5. The molecule has 7 heteroatoms. The number of rotatable bonds is 7. The van der Waals surface area contributed by atoms with E-state index in [0.29, 0.717) is 6.42 Å². The first-order valence-electron chi connectivity index (χ1n) is 7.67. The second-order valence-electron chi connectivity index (χ2n) is 5.81. The van der Waals surface area contributed by atoms with Crippen molar-refractivity contribution in [3.05, 3.63) is 23.2 Å². The molecule has 1 aromatic carbocycles. The highest BCUT2D eigenvalue weighted by atomic mass is 35.5. The van der Waals surface area contributed by atoms with Gasteiger partial charge in [-0.2, -0.15) is 8.42 Å². The molecule has 1 aliphatic rings. The molecule has 1 N–H and O–H groups in total. The van der Waals surface area contributed by atoms with Gasteiger partial charge in [-0.25, -0.2) is 0 Å². The summed E-state index contributed by atoms with van der Waals surface area (Å²) in [4.78, 5) is 2.33. The van der Waals surface area contributed by atoms with E-state index in [1.165, 1.54) is 11.4 Å². The summed E-state index contributed by atoms with van der Waals surface area (Å²) in [6.45, 7) is 7.86. The van der Waals surface area contributed by atoms with Gasteiger partial charge in [0.2, 0.25) is 0 Å². The number of quaternary nitrogens is 1. The molecule has 0 aromatic heterocycles. The molecular weight excluding hydrogens is 324 g/mol. The second-order valence-corrected chi connectivity index (χ2v) is 7.82. The number of halogens is 1. The zero-order valence-corrected chi connectivity index (χ0v) is 14.7. The minimum atomic E-state index is -3.87. The van der Waals surface area contributed by atoms with Gasteiger partial charge in [-0.1, -0.05) is 11.6 Å². The second kappa shape index (κ2) is 6.74. The van der Waals surface area contributed by atoms with Crippen molar-refractivity contribution in [2.45, 2.75) is 26.7 Å².